The molecule has 0 aromatic heterocycles. The highest BCUT2D eigenvalue weighted by molar-refractivity contribution is 9.10. The number of nitrogens with one attached hydrogen (secondary N) is 1. The first kappa shape index (κ1) is 16.5. The molecule has 5 nitrogen and oxygen atoms in total. The minimum atomic E-state index is -0.532. The van der Waals surface area contributed by atoms with Gasteiger partial charge in [-0.15, -0.1) is 0 Å². The molecule has 1 amide bonds. The van der Waals surface area contributed by atoms with Gasteiger partial charge in [-0.1, -0.05) is 22.0 Å². The van der Waals surface area contributed by atoms with E-state index in [0.29, 0.717) is 12.1 Å². The van der Waals surface area contributed by atoms with E-state index in [-0.39, 0.29) is 0 Å². The minimum Gasteiger partial charge on any atom is -0.465 e. The molecule has 1 aromatic carbocycles. The zero-order chi connectivity index (χ0) is 15.3. The number of amides is 1. The van der Waals surface area contributed by atoms with E-state index < -0.39 is 17.7 Å². The van der Waals surface area contributed by atoms with Crippen molar-refractivity contribution in [3.8, 4) is 0 Å². The van der Waals surface area contributed by atoms with Crippen LogP contribution in [-0.2, 0) is 16.0 Å². The Balaban J connectivity index is 2.66. The lowest BCUT2D eigenvalue weighted by atomic mass is 10.1. The van der Waals surface area contributed by atoms with Crippen molar-refractivity contribution in [3.05, 3.63) is 33.8 Å². The maximum atomic E-state index is 11.5. The Labute approximate surface area is 126 Å². The topological polar surface area (TPSA) is 64.6 Å². The lowest BCUT2D eigenvalue weighted by molar-refractivity contribution is 0.0521. The highest BCUT2D eigenvalue weighted by Gasteiger charge is 2.16. The molecule has 0 spiro atoms. The highest BCUT2D eigenvalue weighted by atomic mass is 79.9. The van der Waals surface area contributed by atoms with E-state index in [9.17, 15) is 9.59 Å². The van der Waals surface area contributed by atoms with Gasteiger partial charge in [-0.05, 0) is 38.5 Å². The van der Waals surface area contributed by atoms with Crippen molar-refractivity contribution in [2.75, 3.05) is 7.11 Å². The van der Waals surface area contributed by atoms with Crippen molar-refractivity contribution in [2.45, 2.75) is 32.9 Å². The lowest BCUT2D eigenvalue weighted by Gasteiger charge is -2.19. The van der Waals surface area contributed by atoms with Crippen molar-refractivity contribution in [1.82, 2.24) is 5.32 Å². The molecule has 1 rings (SSSR count). The molecule has 0 aliphatic heterocycles. The van der Waals surface area contributed by atoms with E-state index in [0.717, 1.165) is 10.0 Å². The molecular weight excluding hydrogens is 326 g/mol. The zero-order valence-corrected chi connectivity index (χ0v) is 13.5. The number of ether oxygens (including phenoxy) is 2. The first-order chi connectivity index (χ1) is 9.23. The van der Waals surface area contributed by atoms with E-state index >= 15 is 0 Å². The van der Waals surface area contributed by atoms with Crippen LogP contribution >= 0.6 is 15.9 Å². The Kier molecular flexibility index (Phi) is 5.56. The number of benzene rings is 1. The second-order valence-corrected chi connectivity index (χ2v) is 6.01. The van der Waals surface area contributed by atoms with Crippen LogP contribution in [0.25, 0.3) is 0 Å². The summed E-state index contributed by atoms with van der Waals surface area (Å²) in [5.74, 6) is -0.405. The number of halogens is 1. The Hall–Kier alpha value is -1.56. The Morgan fingerprint density at radius 2 is 1.95 bits per heavy atom. The summed E-state index contributed by atoms with van der Waals surface area (Å²) in [6, 6.07) is 5.04. The van der Waals surface area contributed by atoms with E-state index in [2.05, 4.69) is 26.0 Å². The summed E-state index contributed by atoms with van der Waals surface area (Å²) in [6.45, 7) is 5.70. The number of methoxy groups -OCH3 is 1. The molecule has 0 aliphatic carbocycles. The molecule has 0 bridgehead atoms. The fourth-order valence-electron chi connectivity index (χ4n) is 1.42. The number of alkyl carbamates (subject to hydrolysis) is 1. The standard InChI is InChI=1S/C14H18BrNO4/c1-14(2,3)20-13(18)16-8-10-6-5-9(7-11(10)15)12(17)19-4/h5-7H,8H2,1-4H3,(H,16,18). The lowest BCUT2D eigenvalue weighted by Crippen LogP contribution is -2.32. The van der Waals surface area contributed by atoms with Gasteiger partial charge in [0.15, 0.2) is 0 Å². The van der Waals surface area contributed by atoms with E-state index in [1.54, 1.807) is 39.0 Å². The van der Waals surface area contributed by atoms with E-state index in [1.807, 2.05) is 0 Å². The van der Waals surface area contributed by atoms with Crippen LogP contribution in [0, 0.1) is 0 Å². The van der Waals surface area contributed by atoms with Crippen molar-refractivity contribution in [2.24, 2.45) is 0 Å². The largest absolute Gasteiger partial charge is 0.465 e. The zero-order valence-electron chi connectivity index (χ0n) is 12.0. The normalized spacial score (nSPS) is 10.8. The Morgan fingerprint density at radius 3 is 2.45 bits per heavy atom. The number of carbonyl (C=O) groups is 2. The SMILES string of the molecule is COC(=O)c1ccc(CNC(=O)OC(C)(C)C)c(Br)c1. The number of hydrogen-bond donors (Lipinski definition) is 1. The molecule has 0 fully saturated rings. The average molecular weight is 344 g/mol. The van der Waals surface area contributed by atoms with Gasteiger partial charge in [-0.25, -0.2) is 9.59 Å². The molecule has 0 heterocycles. The van der Waals surface area contributed by atoms with Crippen LogP contribution in [0.2, 0.25) is 0 Å². The van der Waals surface area contributed by atoms with Crippen LogP contribution < -0.4 is 5.32 Å². The van der Waals surface area contributed by atoms with Crippen LogP contribution in [0.15, 0.2) is 22.7 Å². The van der Waals surface area contributed by atoms with Crippen molar-refractivity contribution < 1.29 is 19.1 Å². The van der Waals surface area contributed by atoms with Crippen LogP contribution in [-0.4, -0.2) is 24.8 Å². The molecule has 1 N–H and O–H groups in total. The molecule has 0 atom stereocenters. The molecule has 6 heteroatoms. The predicted octanol–water partition coefficient (Wildman–Crippen LogP) is 3.26. The Morgan fingerprint density at radius 1 is 1.30 bits per heavy atom. The third-order valence-corrected chi connectivity index (χ3v) is 3.03. The van der Waals surface area contributed by atoms with Gasteiger partial charge in [-0.2, -0.15) is 0 Å². The van der Waals surface area contributed by atoms with Crippen molar-refractivity contribution in [1.29, 1.82) is 0 Å². The maximum Gasteiger partial charge on any atom is 0.407 e. The van der Waals surface area contributed by atoms with Gasteiger partial charge < -0.3 is 14.8 Å². The quantitative estimate of drug-likeness (QED) is 0.855. The van der Waals surface area contributed by atoms with Gasteiger partial charge >= 0.3 is 12.1 Å². The summed E-state index contributed by atoms with van der Waals surface area (Å²) in [6.07, 6.45) is -0.485. The molecule has 0 saturated heterocycles. The number of rotatable bonds is 3. The van der Waals surface area contributed by atoms with Gasteiger partial charge in [0.1, 0.15) is 5.60 Å². The second-order valence-electron chi connectivity index (χ2n) is 5.15. The number of carbonyl (C=O) groups excluding carboxylic acids is 2. The summed E-state index contributed by atoms with van der Waals surface area (Å²) in [5.41, 5.74) is 0.750. The smallest absolute Gasteiger partial charge is 0.407 e. The first-order valence-corrected chi connectivity index (χ1v) is 6.86. The summed E-state index contributed by atoms with van der Waals surface area (Å²) < 4.78 is 10.5. The van der Waals surface area contributed by atoms with Crippen molar-refractivity contribution >= 4 is 28.0 Å². The third kappa shape index (κ3) is 5.21. The predicted molar refractivity (Wildman–Crippen MR) is 78.6 cm³/mol. The molecule has 110 valence electrons. The van der Waals surface area contributed by atoms with Crippen LogP contribution in [0.5, 0.6) is 0 Å². The summed E-state index contributed by atoms with van der Waals surface area (Å²) in [5, 5.41) is 2.65. The summed E-state index contributed by atoms with van der Waals surface area (Å²) in [7, 11) is 1.33. The molecular formula is C14H18BrNO4. The van der Waals surface area contributed by atoms with Gasteiger partial charge in [0.2, 0.25) is 0 Å². The number of esters is 1. The third-order valence-electron chi connectivity index (χ3n) is 2.30. The van der Waals surface area contributed by atoms with Crippen molar-refractivity contribution in [3.63, 3.8) is 0 Å². The van der Waals surface area contributed by atoms with Gasteiger partial charge in [-0.3, -0.25) is 0 Å². The monoisotopic (exact) mass is 343 g/mol. The molecule has 20 heavy (non-hydrogen) atoms. The molecule has 0 saturated carbocycles. The average Bonchev–Trinajstić information content (AvgIpc) is 2.34. The molecule has 0 unspecified atom stereocenters. The summed E-state index contributed by atoms with van der Waals surface area (Å²) in [4.78, 5) is 22.9. The highest BCUT2D eigenvalue weighted by Crippen LogP contribution is 2.19. The fourth-order valence-corrected chi connectivity index (χ4v) is 1.94. The van der Waals surface area contributed by atoms with Gasteiger partial charge in [0.25, 0.3) is 0 Å². The van der Waals surface area contributed by atoms with Crippen LogP contribution in [0.1, 0.15) is 36.7 Å². The number of hydrogen-bond acceptors (Lipinski definition) is 4. The fraction of sp³-hybridized carbons (Fsp3) is 0.429. The Bertz CT molecular complexity index is 508. The summed E-state index contributed by atoms with van der Waals surface area (Å²) >= 11 is 3.36. The van der Waals surface area contributed by atoms with Crippen LogP contribution in [0.4, 0.5) is 4.79 Å². The van der Waals surface area contributed by atoms with E-state index in [1.165, 1.54) is 7.11 Å². The van der Waals surface area contributed by atoms with E-state index in [4.69, 9.17) is 4.74 Å². The first-order valence-electron chi connectivity index (χ1n) is 6.06. The second kappa shape index (κ2) is 6.74. The molecule has 0 radical (unpaired) electrons. The van der Waals surface area contributed by atoms with Gasteiger partial charge in [0.05, 0.1) is 12.7 Å². The molecule has 1 aromatic rings. The van der Waals surface area contributed by atoms with Crippen LogP contribution in [0.3, 0.4) is 0 Å². The maximum absolute atomic E-state index is 11.5. The molecule has 0 aliphatic rings. The minimum absolute atomic E-state index is 0.303. The van der Waals surface area contributed by atoms with Gasteiger partial charge in [0, 0.05) is 11.0 Å².